The number of guanidine groups is 1. The summed E-state index contributed by atoms with van der Waals surface area (Å²) in [6.07, 6.45) is 1.15. The molecule has 2 heterocycles. The van der Waals surface area contributed by atoms with Gasteiger partial charge in [-0.3, -0.25) is 14.7 Å². The number of likely N-dealkylation sites (tertiary alicyclic amines) is 1. The molecule has 23 heavy (non-hydrogen) atoms. The third kappa shape index (κ3) is 5.75. The molecule has 0 aliphatic carbocycles. The second-order valence-electron chi connectivity index (χ2n) is 5.89. The van der Waals surface area contributed by atoms with E-state index < -0.39 is 0 Å². The zero-order chi connectivity index (χ0) is 15.9. The van der Waals surface area contributed by atoms with Gasteiger partial charge in [0.1, 0.15) is 0 Å². The van der Waals surface area contributed by atoms with Crippen molar-refractivity contribution in [3.8, 4) is 0 Å². The largest absolute Gasteiger partial charge is 0.469 e. The highest BCUT2D eigenvalue weighted by atomic mass is 127. The van der Waals surface area contributed by atoms with Crippen molar-refractivity contribution in [2.45, 2.75) is 19.4 Å². The van der Waals surface area contributed by atoms with Crippen molar-refractivity contribution in [3.05, 3.63) is 0 Å². The number of carbonyl (C=O) groups excluding carboxylic acids is 1. The number of halogens is 1. The summed E-state index contributed by atoms with van der Waals surface area (Å²) in [4.78, 5) is 20.6. The molecular formula is C15H29IN4O3. The number of aliphatic imine (C=N–C) groups is 1. The maximum Gasteiger partial charge on any atom is 0.310 e. The fraction of sp³-hybridized carbons (Fsp3) is 0.867. The summed E-state index contributed by atoms with van der Waals surface area (Å²) < 4.78 is 10.2. The fourth-order valence-electron chi connectivity index (χ4n) is 3.04. The van der Waals surface area contributed by atoms with Crippen molar-refractivity contribution in [2.24, 2.45) is 10.9 Å². The molecule has 2 aliphatic heterocycles. The van der Waals surface area contributed by atoms with Crippen LogP contribution in [-0.2, 0) is 14.3 Å². The van der Waals surface area contributed by atoms with Crippen molar-refractivity contribution < 1.29 is 14.3 Å². The van der Waals surface area contributed by atoms with E-state index in [1.807, 2.05) is 6.92 Å². The van der Waals surface area contributed by atoms with Gasteiger partial charge in [-0.2, -0.15) is 0 Å². The van der Waals surface area contributed by atoms with E-state index in [0.29, 0.717) is 12.6 Å². The summed E-state index contributed by atoms with van der Waals surface area (Å²) in [7, 11) is 3.20. The molecule has 2 atom stereocenters. The topological polar surface area (TPSA) is 66.4 Å². The highest BCUT2D eigenvalue weighted by molar-refractivity contribution is 14.0. The summed E-state index contributed by atoms with van der Waals surface area (Å²) in [5.41, 5.74) is 0. The molecule has 7 nitrogen and oxygen atoms in total. The lowest BCUT2D eigenvalue weighted by Gasteiger charge is -2.32. The Balaban J connectivity index is 0.00000264. The Bertz CT molecular complexity index is 402. The van der Waals surface area contributed by atoms with Gasteiger partial charge in [-0.05, 0) is 6.42 Å². The Morgan fingerprint density at radius 1 is 1.39 bits per heavy atom. The minimum Gasteiger partial charge on any atom is -0.469 e. The van der Waals surface area contributed by atoms with Crippen molar-refractivity contribution in [3.63, 3.8) is 0 Å². The van der Waals surface area contributed by atoms with Gasteiger partial charge in [0, 0.05) is 45.8 Å². The van der Waals surface area contributed by atoms with Crippen LogP contribution in [0.15, 0.2) is 4.99 Å². The minimum atomic E-state index is -0.199. The van der Waals surface area contributed by atoms with Crippen molar-refractivity contribution in [1.29, 1.82) is 0 Å². The molecule has 8 heteroatoms. The van der Waals surface area contributed by atoms with Crippen LogP contribution >= 0.6 is 24.0 Å². The number of nitrogens with zero attached hydrogens (tertiary/aromatic N) is 3. The van der Waals surface area contributed by atoms with Crippen molar-refractivity contribution >= 4 is 35.9 Å². The summed E-state index contributed by atoms with van der Waals surface area (Å²) in [5, 5.41) is 3.28. The van der Waals surface area contributed by atoms with Gasteiger partial charge in [-0.1, -0.05) is 6.92 Å². The third-order valence-corrected chi connectivity index (χ3v) is 4.41. The number of morpholine rings is 1. The fourth-order valence-corrected chi connectivity index (χ4v) is 3.04. The average molecular weight is 440 g/mol. The number of hydrogen-bond acceptors (Lipinski definition) is 5. The zero-order valence-corrected chi connectivity index (χ0v) is 16.6. The zero-order valence-electron chi connectivity index (χ0n) is 14.3. The van der Waals surface area contributed by atoms with Crippen LogP contribution in [0.4, 0.5) is 0 Å². The Morgan fingerprint density at radius 3 is 2.70 bits per heavy atom. The lowest BCUT2D eigenvalue weighted by Crippen LogP contribution is -2.47. The van der Waals surface area contributed by atoms with Crippen LogP contribution in [0.5, 0.6) is 0 Å². The van der Waals surface area contributed by atoms with E-state index in [9.17, 15) is 4.79 Å². The smallest absolute Gasteiger partial charge is 0.310 e. The SMILES string of the molecule is CN=C(NCC(C)C(=O)OC)N1CCC(N2CCOCC2)C1.I. The molecule has 2 unspecified atom stereocenters. The Kier molecular flexibility index (Phi) is 9.15. The normalized spacial score (nSPS) is 24.0. The first kappa shape index (κ1) is 20.4. The number of hydrogen-bond donors (Lipinski definition) is 1. The van der Waals surface area contributed by atoms with E-state index >= 15 is 0 Å². The number of rotatable bonds is 4. The predicted molar refractivity (Wildman–Crippen MR) is 100 cm³/mol. The summed E-state index contributed by atoms with van der Waals surface area (Å²) in [6, 6.07) is 0.570. The molecule has 0 aromatic heterocycles. The van der Waals surface area contributed by atoms with E-state index in [1.165, 1.54) is 7.11 Å². The molecule has 1 N–H and O–H groups in total. The van der Waals surface area contributed by atoms with Crippen molar-refractivity contribution in [1.82, 2.24) is 15.1 Å². The predicted octanol–water partition coefficient (Wildman–Crippen LogP) is 0.395. The molecule has 134 valence electrons. The second-order valence-corrected chi connectivity index (χ2v) is 5.89. The first-order valence-corrected chi connectivity index (χ1v) is 8.01. The van der Waals surface area contributed by atoms with Crippen LogP contribution in [-0.4, -0.2) is 87.9 Å². The number of ether oxygens (including phenoxy) is 2. The Hall–Kier alpha value is -0.610. The summed E-state index contributed by atoms with van der Waals surface area (Å²) in [6.45, 7) is 8.07. The molecule has 2 fully saturated rings. The molecule has 2 rings (SSSR count). The third-order valence-electron chi connectivity index (χ3n) is 4.41. The van der Waals surface area contributed by atoms with Gasteiger partial charge in [-0.25, -0.2) is 0 Å². The minimum absolute atomic E-state index is 0. The monoisotopic (exact) mass is 440 g/mol. The van der Waals surface area contributed by atoms with Crippen LogP contribution in [0.25, 0.3) is 0 Å². The molecule has 0 amide bonds. The van der Waals surface area contributed by atoms with Gasteiger partial charge in [0.15, 0.2) is 5.96 Å². The molecule has 0 aromatic carbocycles. The molecule has 2 saturated heterocycles. The molecule has 0 radical (unpaired) electrons. The van der Waals surface area contributed by atoms with Gasteiger partial charge >= 0.3 is 5.97 Å². The maximum absolute atomic E-state index is 11.5. The molecule has 0 aromatic rings. The van der Waals surface area contributed by atoms with Crippen molar-refractivity contribution in [2.75, 3.05) is 60.1 Å². The number of nitrogens with one attached hydrogen (secondary N) is 1. The van der Waals surface area contributed by atoms with E-state index in [4.69, 9.17) is 9.47 Å². The maximum atomic E-state index is 11.5. The standard InChI is InChI=1S/C15H28N4O3.HI/c1-12(14(20)21-3)10-17-15(16-2)19-5-4-13(11-19)18-6-8-22-9-7-18;/h12-13H,4-11H2,1-3H3,(H,16,17);1H. The molecule has 0 saturated carbocycles. The van der Waals surface area contributed by atoms with Crippen LogP contribution in [0.2, 0.25) is 0 Å². The molecule has 0 spiro atoms. The van der Waals surface area contributed by atoms with E-state index in [2.05, 4.69) is 20.1 Å². The lowest BCUT2D eigenvalue weighted by atomic mass is 10.2. The quantitative estimate of drug-likeness (QED) is 0.296. The number of esters is 1. The van der Waals surface area contributed by atoms with Gasteiger partial charge in [0.25, 0.3) is 0 Å². The first-order chi connectivity index (χ1) is 10.7. The van der Waals surface area contributed by atoms with Gasteiger partial charge in [-0.15, -0.1) is 24.0 Å². The van der Waals surface area contributed by atoms with E-state index in [1.54, 1.807) is 7.05 Å². The summed E-state index contributed by atoms with van der Waals surface area (Å²) >= 11 is 0. The van der Waals surface area contributed by atoms with Gasteiger partial charge < -0.3 is 19.7 Å². The highest BCUT2D eigenvalue weighted by Gasteiger charge is 2.30. The van der Waals surface area contributed by atoms with Gasteiger partial charge in [0.05, 0.1) is 26.2 Å². The summed E-state index contributed by atoms with van der Waals surface area (Å²) in [5.74, 6) is 0.487. The van der Waals surface area contributed by atoms with Crippen LogP contribution < -0.4 is 5.32 Å². The highest BCUT2D eigenvalue weighted by Crippen LogP contribution is 2.17. The first-order valence-electron chi connectivity index (χ1n) is 8.01. The van der Waals surface area contributed by atoms with E-state index in [-0.39, 0.29) is 35.9 Å². The van der Waals surface area contributed by atoms with Crippen LogP contribution in [0.1, 0.15) is 13.3 Å². The molecule has 0 bridgehead atoms. The van der Waals surface area contributed by atoms with Gasteiger partial charge in [0.2, 0.25) is 0 Å². The van der Waals surface area contributed by atoms with Crippen LogP contribution in [0, 0.1) is 5.92 Å². The molecular weight excluding hydrogens is 411 g/mol. The average Bonchev–Trinajstić information content (AvgIpc) is 3.05. The lowest BCUT2D eigenvalue weighted by molar-refractivity contribution is -0.144. The van der Waals surface area contributed by atoms with E-state index in [0.717, 1.165) is 51.8 Å². The molecule has 2 aliphatic rings. The number of carbonyl (C=O) groups is 1. The van der Waals surface area contributed by atoms with Crippen LogP contribution in [0.3, 0.4) is 0 Å². The Labute approximate surface area is 155 Å². The number of methoxy groups -OCH3 is 1. The Morgan fingerprint density at radius 2 is 2.09 bits per heavy atom. The second kappa shape index (κ2) is 10.3.